The molecule has 0 saturated carbocycles. The zero-order valence-corrected chi connectivity index (χ0v) is 19.1. The summed E-state index contributed by atoms with van der Waals surface area (Å²) < 4.78 is 5.65. The zero-order chi connectivity index (χ0) is 21.8. The minimum Gasteiger partial charge on any atom is -0.444 e. The maximum Gasteiger partial charge on any atom is 0.410 e. The maximum atomic E-state index is 12.8. The highest BCUT2D eigenvalue weighted by Crippen LogP contribution is 2.34. The van der Waals surface area contributed by atoms with Crippen molar-refractivity contribution in [3.05, 3.63) is 53.8 Å². The molecule has 29 heavy (non-hydrogen) atoms. The van der Waals surface area contributed by atoms with Gasteiger partial charge < -0.3 is 15.0 Å². The van der Waals surface area contributed by atoms with Gasteiger partial charge in [0, 0.05) is 30.4 Å². The van der Waals surface area contributed by atoms with Gasteiger partial charge in [0.2, 0.25) is 0 Å². The first-order valence-corrected chi connectivity index (χ1v) is 10.8. The Hall–Kier alpha value is -2.23. The fraction of sp³-hybridized carbons (Fsp3) is 0.560. The second kappa shape index (κ2) is 9.51. The number of aryl methyl sites for hydroxylation is 2. The number of likely N-dealkylation sites (tertiary alicyclic amines) is 1. The van der Waals surface area contributed by atoms with Crippen LogP contribution in [0.5, 0.6) is 0 Å². The van der Waals surface area contributed by atoms with E-state index in [1.807, 2.05) is 25.7 Å². The molecule has 160 valence electrons. The van der Waals surface area contributed by atoms with E-state index >= 15 is 0 Å². The number of carbonyl (C=O) groups is 1. The van der Waals surface area contributed by atoms with Crippen molar-refractivity contribution in [3.8, 4) is 0 Å². The van der Waals surface area contributed by atoms with Crippen LogP contribution in [0.1, 0.15) is 58.6 Å². The van der Waals surface area contributed by atoms with E-state index < -0.39 is 5.60 Å². The van der Waals surface area contributed by atoms with E-state index in [4.69, 9.17) is 4.74 Å². The molecule has 4 heteroatoms. The molecule has 0 aliphatic carbocycles. The minimum absolute atomic E-state index is 0.147. The Bertz CT molecular complexity index is 761. The lowest BCUT2D eigenvalue weighted by molar-refractivity contribution is 0.0140. The van der Waals surface area contributed by atoms with Gasteiger partial charge in [-0.1, -0.05) is 50.8 Å². The first-order valence-electron chi connectivity index (χ1n) is 10.8. The first-order chi connectivity index (χ1) is 13.6. The van der Waals surface area contributed by atoms with Crippen LogP contribution in [0.2, 0.25) is 0 Å². The number of carbonyl (C=O) groups excluding carboxylic acids is 1. The number of nitrogens with zero attached hydrogens (tertiary/aromatic N) is 1. The Morgan fingerprint density at radius 1 is 1.21 bits per heavy atom. The molecular weight excluding hydrogens is 360 g/mol. The number of benzene rings is 1. The largest absolute Gasteiger partial charge is 0.444 e. The molecule has 0 unspecified atom stereocenters. The molecule has 1 aliphatic heterocycles. The van der Waals surface area contributed by atoms with Crippen LogP contribution in [0, 0.1) is 18.8 Å². The summed E-state index contributed by atoms with van der Waals surface area (Å²) in [5.41, 5.74) is 5.26. The molecule has 1 aliphatic rings. The highest BCUT2D eigenvalue weighted by Gasteiger charge is 2.34. The second-order valence-corrected chi connectivity index (χ2v) is 9.14. The first kappa shape index (κ1) is 23.1. The number of para-hydroxylation sites is 1. The van der Waals surface area contributed by atoms with Gasteiger partial charge in [-0.15, -0.1) is 0 Å². The van der Waals surface area contributed by atoms with Crippen molar-refractivity contribution in [2.75, 3.05) is 18.4 Å². The van der Waals surface area contributed by atoms with Crippen molar-refractivity contribution < 1.29 is 9.53 Å². The number of ether oxygens (including phenoxy) is 1. The third kappa shape index (κ3) is 6.12. The van der Waals surface area contributed by atoms with Gasteiger partial charge in [-0.05, 0) is 64.0 Å². The number of nitrogens with one attached hydrogen (secondary N) is 1. The number of rotatable bonds is 6. The van der Waals surface area contributed by atoms with Crippen molar-refractivity contribution in [1.29, 1.82) is 0 Å². The Morgan fingerprint density at radius 3 is 2.45 bits per heavy atom. The number of piperidine rings is 1. The predicted molar refractivity (Wildman–Crippen MR) is 122 cm³/mol. The summed E-state index contributed by atoms with van der Waals surface area (Å²) >= 11 is 0. The van der Waals surface area contributed by atoms with Crippen LogP contribution in [-0.2, 0) is 11.2 Å². The second-order valence-electron chi connectivity index (χ2n) is 9.14. The van der Waals surface area contributed by atoms with E-state index in [1.165, 1.54) is 16.7 Å². The molecule has 1 aromatic rings. The standard InChI is InChI=1S/C25H38N2O2/c1-9-17(3)21-14-22(16-27(15-21)24(28)29-25(6,7)8)19(5)26-23-18(4)12-11-13-20(23)10-2/h11-13,21-22,26H,3,5,9-10,14-16H2,1-2,4,6-8H3/t21-,22+/m1/s1. The molecule has 1 aromatic carbocycles. The van der Waals surface area contributed by atoms with Crippen molar-refractivity contribution >= 4 is 11.8 Å². The Kier molecular flexibility index (Phi) is 7.56. The Balaban J connectivity index is 2.22. The van der Waals surface area contributed by atoms with E-state index in [1.54, 1.807) is 0 Å². The third-order valence-corrected chi connectivity index (χ3v) is 5.65. The number of hydrogen-bond donors (Lipinski definition) is 1. The number of anilines is 1. The molecule has 0 aromatic heterocycles. The van der Waals surface area contributed by atoms with Gasteiger partial charge >= 0.3 is 6.09 Å². The molecule has 1 saturated heterocycles. The van der Waals surface area contributed by atoms with Crippen LogP contribution < -0.4 is 5.32 Å². The van der Waals surface area contributed by atoms with Crippen molar-refractivity contribution in [3.63, 3.8) is 0 Å². The van der Waals surface area contributed by atoms with Gasteiger partial charge in [-0.2, -0.15) is 0 Å². The summed E-state index contributed by atoms with van der Waals surface area (Å²) in [5, 5.41) is 3.58. The molecule has 1 N–H and O–H groups in total. The smallest absolute Gasteiger partial charge is 0.410 e. The van der Waals surface area contributed by atoms with Gasteiger partial charge in [0.1, 0.15) is 5.60 Å². The monoisotopic (exact) mass is 398 g/mol. The zero-order valence-electron chi connectivity index (χ0n) is 19.1. The molecule has 2 rings (SSSR count). The van der Waals surface area contributed by atoms with E-state index in [0.29, 0.717) is 13.1 Å². The molecule has 1 fully saturated rings. The number of amides is 1. The Labute approximate surface area is 177 Å². The summed E-state index contributed by atoms with van der Waals surface area (Å²) in [6.07, 6.45) is 2.57. The Morgan fingerprint density at radius 2 is 1.86 bits per heavy atom. The molecular formula is C25H38N2O2. The summed E-state index contributed by atoms with van der Waals surface area (Å²) in [4.78, 5) is 14.6. The lowest BCUT2D eigenvalue weighted by Gasteiger charge is -2.40. The summed E-state index contributed by atoms with van der Waals surface area (Å²) in [6.45, 7) is 22.0. The van der Waals surface area contributed by atoms with Crippen LogP contribution in [0.4, 0.5) is 10.5 Å². The van der Waals surface area contributed by atoms with Crippen LogP contribution in [0.3, 0.4) is 0 Å². The lowest BCUT2D eigenvalue weighted by atomic mass is 9.82. The van der Waals surface area contributed by atoms with Crippen molar-refractivity contribution in [2.24, 2.45) is 11.8 Å². The van der Waals surface area contributed by atoms with Crippen LogP contribution in [0.25, 0.3) is 0 Å². The van der Waals surface area contributed by atoms with Gasteiger partial charge in [0.15, 0.2) is 0 Å². The molecule has 2 atom stereocenters. The molecule has 0 spiro atoms. The summed E-state index contributed by atoms with van der Waals surface area (Å²) in [5.74, 6) is 0.404. The van der Waals surface area contributed by atoms with E-state index in [2.05, 4.69) is 57.4 Å². The molecule has 4 nitrogen and oxygen atoms in total. The molecule has 1 amide bonds. The summed E-state index contributed by atoms with van der Waals surface area (Å²) in [6, 6.07) is 6.36. The average molecular weight is 399 g/mol. The van der Waals surface area contributed by atoms with E-state index in [-0.39, 0.29) is 17.9 Å². The molecule has 0 bridgehead atoms. The molecule has 1 heterocycles. The predicted octanol–water partition coefficient (Wildman–Crippen LogP) is 6.32. The number of hydrogen-bond acceptors (Lipinski definition) is 3. The highest BCUT2D eigenvalue weighted by molar-refractivity contribution is 5.68. The van der Waals surface area contributed by atoms with Gasteiger partial charge in [-0.3, -0.25) is 0 Å². The third-order valence-electron chi connectivity index (χ3n) is 5.65. The van der Waals surface area contributed by atoms with E-state index in [9.17, 15) is 4.79 Å². The quantitative estimate of drug-likeness (QED) is 0.570. The van der Waals surface area contributed by atoms with Gasteiger partial charge in [0.25, 0.3) is 0 Å². The highest BCUT2D eigenvalue weighted by atomic mass is 16.6. The van der Waals surface area contributed by atoms with Gasteiger partial charge in [0.05, 0.1) is 0 Å². The molecule has 0 radical (unpaired) electrons. The van der Waals surface area contributed by atoms with Crippen LogP contribution >= 0.6 is 0 Å². The average Bonchev–Trinajstić information content (AvgIpc) is 2.67. The minimum atomic E-state index is -0.506. The van der Waals surface area contributed by atoms with Crippen molar-refractivity contribution in [2.45, 2.75) is 66.4 Å². The van der Waals surface area contributed by atoms with Gasteiger partial charge in [-0.25, -0.2) is 4.79 Å². The lowest BCUT2D eigenvalue weighted by Crippen LogP contribution is -2.47. The van der Waals surface area contributed by atoms with Crippen LogP contribution in [-0.4, -0.2) is 29.7 Å². The van der Waals surface area contributed by atoms with Crippen LogP contribution in [0.15, 0.2) is 42.6 Å². The topological polar surface area (TPSA) is 41.6 Å². The fourth-order valence-electron chi connectivity index (χ4n) is 3.88. The van der Waals surface area contributed by atoms with Crippen molar-refractivity contribution in [1.82, 2.24) is 4.90 Å². The normalized spacial score (nSPS) is 19.6. The summed E-state index contributed by atoms with van der Waals surface area (Å²) in [7, 11) is 0. The van der Waals surface area contributed by atoms with E-state index in [0.717, 1.165) is 30.6 Å². The fourth-order valence-corrected chi connectivity index (χ4v) is 3.88. The SMILES string of the molecule is C=C(CC)[C@@H]1C[C@H](C(=C)Nc2c(C)cccc2CC)CN(C(=O)OC(C)(C)C)C1. The maximum absolute atomic E-state index is 12.8.